The maximum Gasteiger partial charge on any atom is 0.433 e. The summed E-state index contributed by atoms with van der Waals surface area (Å²) in [4.78, 5) is 28.9. The molecule has 186 valence electrons. The molecule has 0 atom stereocenters. The zero-order valence-corrected chi connectivity index (χ0v) is 17.0. The minimum absolute atomic E-state index is 0.113. The molecule has 0 fully saturated rings. The molecule has 1 aliphatic rings. The molecule has 0 unspecified atom stereocenters. The Kier molecular flexibility index (Phi) is 6.12. The molecule has 34 heavy (non-hydrogen) atoms. The van der Waals surface area contributed by atoms with Gasteiger partial charge in [-0.05, 0) is 17.7 Å². The number of amides is 1. The Balaban J connectivity index is 2.27. The molecule has 0 spiro atoms. The summed E-state index contributed by atoms with van der Waals surface area (Å²) < 4.78 is 125. The van der Waals surface area contributed by atoms with Gasteiger partial charge in [0, 0.05) is 6.07 Å². The number of alkyl halides is 9. The number of hydrogen-bond acceptors (Lipinski definition) is 4. The molecule has 1 amide bonds. The van der Waals surface area contributed by atoms with E-state index in [1.807, 2.05) is 0 Å². The second-order valence-corrected chi connectivity index (χ2v) is 7.47. The van der Waals surface area contributed by atoms with Crippen molar-refractivity contribution in [3.8, 4) is 5.75 Å². The summed E-state index contributed by atoms with van der Waals surface area (Å²) in [6.07, 6.45) is -20.9. The third-order valence-corrected chi connectivity index (χ3v) is 4.99. The Hall–Kier alpha value is -3.26. The van der Waals surface area contributed by atoms with Crippen LogP contribution >= 0.6 is 0 Å². The van der Waals surface area contributed by atoms with E-state index in [1.165, 1.54) is 31.4 Å². The SMILES string of the molecule is COc1ccc(CN2C(=O)C(CC(F)(F)F)(CC(F)(F)F)n3c2nc(C(F)(F)F)cc3=O)cc1. The molecule has 15 heteroatoms. The van der Waals surface area contributed by atoms with E-state index in [0.717, 1.165) is 0 Å². The van der Waals surface area contributed by atoms with Gasteiger partial charge in [-0.1, -0.05) is 12.1 Å². The van der Waals surface area contributed by atoms with Gasteiger partial charge < -0.3 is 4.74 Å². The van der Waals surface area contributed by atoms with Crippen molar-refractivity contribution < 1.29 is 49.0 Å². The molecule has 0 N–H and O–H groups in total. The van der Waals surface area contributed by atoms with Crippen molar-refractivity contribution >= 4 is 11.9 Å². The standard InChI is InChI=1S/C19H14F9N3O3/c1-34-11-4-2-10(3-5-11)7-30-14(33)16(8-17(20,21)22,9-18(23,24)25)31-13(32)6-12(19(26,27)28)29-15(30)31/h2-6H,7-9H2,1H3. The summed E-state index contributed by atoms with van der Waals surface area (Å²) in [5, 5.41) is 0. The molecule has 0 saturated heterocycles. The Morgan fingerprint density at radius 2 is 1.44 bits per heavy atom. The molecule has 0 bridgehead atoms. The van der Waals surface area contributed by atoms with E-state index in [1.54, 1.807) is 0 Å². The first kappa shape index (κ1) is 25.4. The van der Waals surface area contributed by atoms with Gasteiger partial charge in [-0.25, -0.2) is 4.98 Å². The van der Waals surface area contributed by atoms with Gasteiger partial charge >= 0.3 is 18.5 Å². The van der Waals surface area contributed by atoms with E-state index in [4.69, 9.17) is 4.74 Å². The fourth-order valence-electron chi connectivity index (χ4n) is 3.73. The lowest BCUT2D eigenvalue weighted by molar-refractivity contribution is -0.192. The topological polar surface area (TPSA) is 64.4 Å². The van der Waals surface area contributed by atoms with E-state index >= 15 is 0 Å². The van der Waals surface area contributed by atoms with E-state index in [0.29, 0.717) is 5.75 Å². The Morgan fingerprint density at radius 1 is 0.912 bits per heavy atom. The molecule has 0 radical (unpaired) electrons. The molecule has 3 rings (SSSR count). The maximum atomic E-state index is 13.4. The van der Waals surface area contributed by atoms with Gasteiger partial charge in [-0.3, -0.25) is 19.1 Å². The second-order valence-electron chi connectivity index (χ2n) is 7.47. The number of carbonyl (C=O) groups is 1. The Morgan fingerprint density at radius 3 is 1.88 bits per heavy atom. The molecule has 1 aromatic heterocycles. The van der Waals surface area contributed by atoms with Crippen LogP contribution in [0.4, 0.5) is 45.5 Å². The molecule has 0 aliphatic carbocycles. The van der Waals surface area contributed by atoms with Crippen molar-refractivity contribution in [2.24, 2.45) is 0 Å². The number of aromatic nitrogens is 2. The van der Waals surface area contributed by atoms with E-state index < -0.39 is 66.6 Å². The number of nitrogens with zero attached hydrogens (tertiary/aromatic N) is 3. The fourth-order valence-corrected chi connectivity index (χ4v) is 3.73. The first-order valence-corrected chi connectivity index (χ1v) is 9.27. The van der Waals surface area contributed by atoms with Crippen LogP contribution in [0.25, 0.3) is 0 Å². The number of carbonyl (C=O) groups excluding carboxylic acids is 1. The number of benzene rings is 1. The van der Waals surface area contributed by atoms with Crippen molar-refractivity contribution in [3.63, 3.8) is 0 Å². The van der Waals surface area contributed by atoms with Crippen molar-refractivity contribution in [1.82, 2.24) is 9.55 Å². The lowest BCUT2D eigenvalue weighted by Gasteiger charge is -2.30. The predicted octanol–water partition coefficient (Wildman–Crippen LogP) is 4.42. The summed E-state index contributed by atoms with van der Waals surface area (Å²) in [7, 11) is 1.31. The summed E-state index contributed by atoms with van der Waals surface area (Å²) in [6.45, 7) is -0.756. The van der Waals surface area contributed by atoms with Crippen LogP contribution in [0.15, 0.2) is 35.1 Å². The average Bonchev–Trinajstić information content (AvgIpc) is 2.87. The molecule has 1 aliphatic heterocycles. The molecule has 6 nitrogen and oxygen atoms in total. The summed E-state index contributed by atoms with van der Waals surface area (Å²) in [6, 6.07) is 5.03. The van der Waals surface area contributed by atoms with Crippen molar-refractivity contribution in [3.05, 3.63) is 51.9 Å². The largest absolute Gasteiger partial charge is 0.497 e. The van der Waals surface area contributed by atoms with Crippen LogP contribution in [0.1, 0.15) is 24.1 Å². The van der Waals surface area contributed by atoms with Gasteiger partial charge in [0.05, 0.1) is 26.5 Å². The lowest BCUT2D eigenvalue weighted by atomic mass is 9.89. The zero-order valence-electron chi connectivity index (χ0n) is 17.0. The molecular formula is C19H14F9N3O3. The molecular weight excluding hydrogens is 489 g/mol. The quantitative estimate of drug-likeness (QED) is 0.567. The van der Waals surface area contributed by atoms with E-state index in [-0.39, 0.29) is 21.1 Å². The summed E-state index contributed by atoms with van der Waals surface area (Å²) in [5.41, 5.74) is -7.24. The Labute approximate surface area is 184 Å². The van der Waals surface area contributed by atoms with Crippen molar-refractivity contribution in [2.45, 2.75) is 43.5 Å². The van der Waals surface area contributed by atoms with Crippen LogP contribution in [-0.4, -0.2) is 34.9 Å². The molecule has 1 aromatic carbocycles. The number of ether oxygens (including phenoxy) is 1. The molecule has 2 heterocycles. The van der Waals surface area contributed by atoms with Crippen LogP contribution in [0.5, 0.6) is 5.75 Å². The monoisotopic (exact) mass is 503 g/mol. The highest BCUT2D eigenvalue weighted by molar-refractivity contribution is 6.01. The average molecular weight is 503 g/mol. The number of halogens is 9. The smallest absolute Gasteiger partial charge is 0.433 e. The van der Waals surface area contributed by atoms with Crippen molar-refractivity contribution in [1.29, 1.82) is 0 Å². The maximum absolute atomic E-state index is 13.4. The van der Waals surface area contributed by atoms with Gasteiger partial charge in [0.1, 0.15) is 11.3 Å². The number of rotatable bonds is 5. The number of anilines is 1. The van der Waals surface area contributed by atoms with E-state index in [2.05, 4.69) is 4.98 Å². The van der Waals surface area contributed by atoms with Gasteiger partial charge in [0.25, 0.3) is 11.5 Å². The minimum atomic E-state index is -5.39. The summed E-state index contributed by atoms with van der Waals surface area (Å²) in [5.74, 6) is -2.81. The summed E-state index contributed by atoms with van der Waals surface area (Å²) >= 11 is 0. The Bertz CT molecular complexity index is 1120. The highest BCUT2D eigenvalue weighted by Gasteiger charge is 2.61. The minimum Gasteiger partial charge on any atom is -0.497 e. The molecule has 2 aromatic rings. The normalized spacial score (nSPS) is 16.1. The number of fused-ring (bicyclic) bond motifs is 1. The first-order chi connectivity index (χ1) is 15.5. The third kappa shape index (κ3) is 4.97. The van der Waals surface area contributed by atoms with E-state index in [9.17, 15) is 49.1 Å². The highest BCUT2D eigenvalue weighted by Crippen LogP contribution is 2.47. The van der Waals surface area contributed by atoms with Gasteiger partial charge in [0.15, 0.2) is 5.69 Å². The van der Waals surface area contributed by atoms with Gasteiger partial charge in [0.2, 0.25) is 5.95 Å². The number of hydrogen-bond donors (Lipinski definition) is 0. The van der Waals surface area contributed by atoms with Gasteiger partial charge in [-0.15, -0.1) is 0 Å². The number of methoxy groups -OCH3 is 1. The zero-order chi connectivity index (χ0) is 25.7. The first-order valence-electron chi connectivity index (χ1n) is 9.27. The van der Waals surface area contributed by atoms with Crippen LogP contribution < -0.4 is 15.2 Å². The van der Waals surface area contributed by atoms with Crippen LogP contribution in [-0.2, 0) is 23.1 Å². The van der Waals surface area contributed by atoms with Gasteiger partial charge in [-0.2, -0.15) is 39.5 Å². The van der Waals surface area contributed by atoms with Crippen LogP contribution in [0, 0.1) is 0 Å². The molecule has 0 saturated carbocycles. The van der Waals surface area contributed by atoms with Crippen LogP contribution in [0.2, 0.25) is 0 Å². The second kappa shape index (κ2) is 8.20. The fraction of sp³-hybridized carbons (Fsp3) is 0.421. The van der Waals surface area contributed by atoms with Crippen molar-refractivity contribution in [2.75, 3.05) is 12.0 Å². The predicted molar refractivity (Wildman–Crippen MR) is 97.0 cm³/mol. The highest BCUT2D eigenvalue weighted by atomic mass is 19.4. The third-order valence-electron chi connectivity index (χ3n) is 4.99. The van der Waals surface area contributed by atoms with Crippen LogP contribution in [0.3, 0.4) is 0 Å². The lowest BCUT2D eigenvalue weighted by Crippen LogP contribution is -2.51.